The van der Waals surface area contributed by atoms with Crippen LogP contribution < -0.4 is 0 Å². The molecule has 0 spiro atoms. The topological polar surface area (TPSA) is 4.93 Å². The van der Waals surface area contributed by atoms with Gasteiger partial charge in [0.25, 0.3) is 0 Å². The van der Waals surface area contributed by atoms with Gasteiger partial charge in [-0.15, -0.1) is 11.3 Å². The lowest BCUT2D eigenvalue weighted by Crippen LogP contribution is -1.94. The average Bonchev–Trinajstić information content (AvgIpc) is 3.57. The monoisotopic (exact) mass is 525 g/mol. The molecule has 0 aliphatic heterocycles. The third-order valence-corrected chi connectivity index (χ3v) is 9.57. The Morgan fingerprint density at radius 2 is 1.12 bits per heavy atom. The highest BCUT2D eigenvalue weighted by atomic mass is 32.1. The molecule has 1 nitrogen and oxygen atoms in total. The molecule has 2 heterocycles. The Kier molecular flexibility index (Phi) is 4.55. The molecular weight excluding hydrogens is 502 g/mol. The minimum absolute atomic E-state index is 1.18. The third kappa shape index (κ3) is 3.03. The van der Waals surface area contributed by atoms with Gasteiger partial charge in [-0.2, -0.15) is 0 Å². The average molecular weight is 526 g/mol. The highest BCUT2D eigenvalue weighted by molar-refractivity contribution is 7.26. The van der Waals surface area contributed by atoms with E-state index >= 15 is 0 Å². The van der Waals surface area contributed by atoms with Gasteiger partial charge in [0.05, 0.1) is 11.0 Å². The molecule has 0 bridgehead atoms. The van der Waals surface area contributed by atoms with Gasteiger partial charge in [-0.05, 0) is 57.6 Å². The first-order chi connectivity index (χ1) is 19.8. The fraction of sp³-hybridized carbons (Fsp3) is 0. The molecule has 2 heteroatoms. The number of aromatic nitrogens is 1. The van der Waals surface area contributed by atoms with Crippen molar-refractivity contribution in [1.29, 1.82) is 0 Å². The minimum Gasteiger partial charge on any atom is -0.309 e. The molecule has 0 N–H and O–H groups in total. The molecule has 186 valence electrons. The molecule has 0 saturated heterocycles. The second kappa shape index (κ2) is 8.29. The number of nitrogens with zero attached hydrogens (tertiary/aromatic N) is 1. The van der Waals surface area contributed by atoms with E-state index in [0.29, 0.717) is 0 Å². The van der Waals surface area contributed by atoms with Crippen LogP contribution in [0.15, 0.2) is 140 Å². The van der Waals surface area contributed by atoms with Gasteiger partial charge in [-0.1, -0.05) is 109 Å². The quantitative estimate of drug-likeness (QED) is 0.198. The summed E-state index contributed by atoms with van der Waals surface area (Å²) in [5.74, 6) is 0. The maximum atomic E-state index is 2.43. The smallest absolute Gasteiger partial charge is 0.0547 e. The van der Waals surface area contributed by atoms with Gasteiger partial charge >= 0.3 is 0 Å². The van der Waals surface area contributed by atoms with Crippen LogP contribution in [-0.2, 0) is 0 Å². The first-order valence-electron chi connectivity index (χ1n) is 13.7. The predicted octanol–water partition coefficient (Wildman–Crippen LogP) is 11.1. The van der Waals surface area contributed by atoms with E-state index in [0.717, 1.165) is 0 Å². The number of rotatable bonds is 2. The van der Waals surface area contributed by atoms with E-state index in [1.54, 1.807) is 0 Å². The number of thiophene rings is 1. The van der Waals surface area contributed by atoms with E-state index in [1.165, 1.54) is 80.3 Å². The molecule has 0 saturated carbocycles. The van der Waals surface area contributed by atoms with Gasteiger partial charge in [0, 0.05) is 42.0 Å². The highest BCUT2D eigenvalue weighted by Crippen LogP contribution is 2.44. The molecule has 9 aromatic rings. The lowest BCUT2D eigenvalue weighted by Gasteiger charge is -2.11. The zero-order chi connectivity index (χ0) is 26.2. The molecule has 0 radical (unpaired) electrons. The molecule has 2 aromatic heterocycles. The normalized spacial score (nSPS) is 12.0. The Hall–Kier alpha value is -4.92. The van der Waals surface area contributed by atoms with Crippen molar-refractivity contribution in [2.75, 3.05) is 0 Å². The first kappa shape index (κ1) is 22.0. The van der Waals surface area contributed by atoms with Gasteiger partial charge in [0.2, 0.25) is 0 Å². The summed E-state index contributed by atoms with van der Waals surface area (Å²) in [6.07, 6.45) is 0. The molecule has 7 aromatic carbocycles. The van der Waals surface area contributed by atoms with E-state index < -0.39 is 0 Å². The molecule has 9 rings (SSSR count). The van der Waals surface area contributed by atoms with Crippen molar-refractivity contribution in [2.24, 2.45) is 0 Å². The summed E-state index contributed by atoms with van der Waals surface area (Å²) in [4.78, 5) is 0. The van der Waals surface area contributed by atoms with E-state index in [4.69, 9.17) is 0 Å². The number of hydrogen-bond donors (Lipinski definition) is 0. The summed E-state index contributed by atoms with van der Waals surface area (Å²) in [6, 6.07) is 51.1. The summed E-state index contributed by atoms with van der Waals surface area (Å²) >= 11 is 1.91. The summed E-state index contributed by atoms with van der Waals surface area (Å²) in [5, 5.41) is 10.6. The van der Waals surface area contributed by atoms with Crippen molar-refractivity contribution in [1.82, 2.24) is 4.57 Å². The maximum Gasteiger partial charge on any atom is 0.0547 e. The van der Waals surface area contributed by atoms with E-state index in [9.17, 15) is 0 Å². The lowest BCUT2D eigenvalue weighted by atomic mass is 9.97. The lowest BCUT2D eigenvalue weighted by molar-refractivity contribution is 1.18. The SMILES string of the molecule is c1ccc(-c2cccc(-n3c4ccccc4c4c5ccc6ccc7c8ccccc8sc7c6c5ccc43)c2)cc1. The second-order valence-electron chi connectivity index (χ2n) is 10.5. The number of benzene rings is 7. The van der Waals surface area contributed by atoms with Gasteiger partial charge in [0.15, 0.2) is 0 Å². The fourth-order valence-corrected chi connectivity index (χ4v) is 7.88. The Morgan fingerprint density at radius 1 is 0.425 bits per heavy atom. The zero-order valence-electron chi connectivity index (χ0n) is 21.6. The largest absolute Gasteiger partial charge is 0.309 e. The third-order valence-electron chi connectivity index (χ3n) is 8.37. The predicted molar refractivity (Wildman–Crippen MR) is 174 cm³/mol. The van der Waals surface area contributed by atoms with Crippen molar-refractivity contribution < 1.29 is 0 Å². The van der Waals surface area contributed by atoms with Crippen molar-refractivity contribution in [2.45, 2.75) is 0 Å². The van der Waals surface area contributed by atoms with E-state index in [1.807, 2.05) is 11.3 Å². The van der Waals surface area contributed by atoms with Gasteiger partial charge in [-0.3, -0.25) is 0 Å². The summed E-state index contributed by atoms with van der Waals surface area (Å²) in [6.45, 7) is 0. The van der Waals surface area contributed by atoms with Crippen LogP contribution in [0.1, 0.15) is 0 Å². The number of para-hydroxylation sites is 1. The fourth-order valence-electron chi connectivity index (χ4n) is 6.61. The minimum atomic E-state index is 1.18. The van der Waals surface area contributed by atoms with Crippen molar-refractivity contribution in [3.63, 3.8) is 0 Å². The van der Waals surface area contributed by atoms with Crippen molar-refractivity contribution >= 4 is 74.9 Å². The van der Waals surface area contributed by atoms with Gasteiger partial charge in [-0.25, -0.2) is 0 Å². The molecule has 0 aliphatic rings. The van der Waals surface area contributed by atoms with Crippen LogP contribution in [0, 0.1) is 0 Å². The van der Waals surface area contributed by atoms with E-state index in [-0.39, 0.29) is 0 Å². The second-order valence-corrected chi connectivity index (χ2v) is 11.6. The molecule has 40 heavy (non-hydrogen) atoms. The summed E-state index contributed by atoms with van der Waals surface area (Å²) in [7, 11) is 0. The Morgan fingerprint density at radius 3 is 2.02 bits per heavy atom. The summed E-state index contributed by atoms with van der Waals surface area (Å²) in [5.41, 5.74) is 6.11. The first-order valence-corrected chi connectivity index (χ1v) is 14.5. The molecule has 0 aliphatic carbocycles. The Balaban J connectivity index is 1.40. The molecule has 0 atom stereocenters. The highest BCUT2D eigenvalue weighted by Gasteiger charge is 2.17. The van der Waals surface area contributed by atoms with Crippen LogP contribution in [0.2, 0.25) is 0 Å². The van der Waals surface area contributed by atoms with Crippen LogP contribution in [0.3, 0.4) is 0 Å². The van der Waals surface area contributed by atoms with Crippen molar-refractivity contribution in [3.05, 3.63) is 140 Å². The molecule has 0 unspecified atom stereocenters. The Labute approximate surface area is 235 Å². The van der Waals surface area contributed by atoms with Crippen LogP contribution in [0.5, 0.6) is 0 Å². The number of hydrogen-bond acceptors (Lipinski definition) is 1. The van der Waals surface area contributed by atoms with Crippen LogP contribution in [0.4, 0.5) is 0 Å². The van der Waals surface area contributed by atoms with E-state index in [2.05, 4.69) is 144 Å². The standard InChI is InChI=1S/C38H23NS/c1-2-9-24(10-3-1)26-11-8-12-27(23-26)39-33-15-6-4-14-32(33)37-30-19-17-25-18-20-31-28-13-5-7-16-35(28)40-38(31)36(25)29(30)21-22-34(37)39/h1-23H. The Bertz CT molecular complexity index is 2420. The van der Waals surface area contributed by atoms with Gasteiger partial charge < -0.3 is 4.57 Å². The van der Waals surface area contributed by atoms with Crippen LogP contribution in [0.25, 0.3) is 80.3 Å². The van der Waals surface area contributed by atoms with Crippen LogP contribution in [-0.4, -0.2) is 4.57 Å². The number of fused-ring (bicyclic) bond motifs is 11. The van der Waals surface area contributed by atoms with Gasteiger partial charge in [0.1, 0.15) is 0 Å². The zero-order valence-corrected chi connectivity index (χ0v) is 22.5. The summed E-state index contributed by atoms with van der Waals surface area (Å²) < 4.78 is 5.15. The van der Waals surface area contributed by atoms with Crippen molar-refractivity contribution in [3.8, 4) is 16.8 Å². The molecule has 0 fully saturated rings. The van der Waals surface area contributed by atoms with Crippen LogP contribution >= 0.6 is 11.3 Å². The molecular formula is C38H23NS. The maximum absolute atomic E-state index is 2.43. The molecule has 0 amide bonds.